The van der Waals surface area contributed by atoms with Crippen molar-refractivity contribution in [1.29, 1.82) is 0 Å². The normalized spacial score (nSPS) is 15.7. The van der Waals surface area contributed by atoms with Gasteiger partial charge >= 0.3 is 0 Å². The van der Waals surface area contributed by atoms with Gasteiger partial charge in [-0.1, -0.05) is 0 Å². The molecule has 1 aliphatic heterocycles. The Morgan fingerprint density at radius 1 is 1.23 bits per heavy atom. The summed E-state index contributed by atoms with van der Waals surface area (Å²) in [5.74, 6) is 0.674. The van der Waals surface area contributed by atoms with Gasteiger partial charge in [0.05, 0.1) is 23.6 Å². The SMILES string of the molecule is Cc1nc(C)c2c(n1)COCC2=O. The molecule has 0 saturated heterocycles. The fourth-order valence-electron chi connectivity index (χ4n) is 1.56. The summed E-state index contributed by atoms with van der Waals surface area (Å²) in [6, 6.07) is 0. The molecule has 4 nitrogen and oxygen atoms in total. The average Bonchev–Trinajstić information content (AvgIpc) is 2.02. The topological polar surface area (TPSA) is 52.1 Å². The number of ketones is 1. The molecular formula is C9H10N2O2. The maximum Gasteiger partial charge on any atom is 0.192 e. The second kappa shape index (κ2) is 2.88. The molecule has 1 aliphatic rings. The van der Waals surface area contributed by atoms with E-state index in [9.17, 15) is 4.79 Å². The van der Waals surface area contributed by atoms with Crippen LogP contribution in [0.4, 0.5) is 0 Å². The first-order chi connectivity index (χ1) is 6.18. The van der Waals surface area contributed by atoms with Gasteiger partial charge in [-0.05, 0) is 13.8 Å². The van der Waals surface area contributed by atoms with E-state index in [1.807, 2.05) is 13.8 Å². The number of hydrogen-bond acceptors (Lipinski definition) is 4. The van der Waals surface area contributed by atoms with Gasteiger partial charge in [0, 0.05) is 0 Å². The van der Waals surface area contributed by atoms with Crippen molar-refractivity contribution >= 4 is 5.78 Å². The van der Waals surface area contributed by atoms with E-state index in [0.717, 1.165) is 11.4 Å². The Morgan fingerprint density at radius 2 is 2.00 bits per heavy atom. The molecule has 2 rings (SSSR count). The van der Waals surface area contributed by atoms with Crippen molar-refractivity contribution in [1.82, 2.24) is 9.97 Å². The van der Waals surface area contributed by atoms with Gasteiger partial charge < -0.3 is 4.74 Å². The quantitative estimate of drug-likeness (QED) is 0.589. The molecule has 0 radical (unpaired) electrons. The van der Waals surface area contributed by atoms with Crippen molar-refractivity contribution in [2.45, 2.75) is 20.5 Å². The van der Waals surface area contributed by atoms with Gasteiger partial charge in [-0.3, -0.25) is 4.79 Å². The first kappa shape index (κ1) is 8.31. The second-order valence-corrected chi connectivity index (χ2v) is 3.09. The summed E-state index contributed by atoms with van der Waals surface area (Å²) in [6.45, 7) is 4.22. The summed E-state index contributed by atoms with van der Waals surface area (Å²) >= 11 is 0. The van der Waals surface area contributed by atoms with E-state index in [0.29, 0.717) is 18.0 Å². The number of hydrogen-bond donors (Lipinski definition) is 0. The monoisotopic (exact) mass is 178 g/mol. The third kappa shape index (κ3) is 1.33. The zero-order valence-corrected chi connectivity index (χ0v) is 7.63. The molecular weight excluding hydrogens is 168 g/mol. The van der Waals surface area contributed by atoms with Crippen LogP contribution >= 0.6 is 0 Å². The number of carbonyl (C=O) groups excluding carboxylic acids is 1. The molecule has 0 amide bonds. The van der Waals surface area contributed by atoms with E-state index in [1.165, 1.54) is 0 Å². The molecule has 2 heterocycles. The third-order valence-electron chi connectivity index (χ3n) is 2.03. The van der Waals surface area contributed by atoms with E-state index in [-0.39, 0.29) is 12.4 Å². The lowest BCUT2D eigenvalue weighted by Crippen LogP contribution is -2.22. The molecule has 13 heavy (non-hydrogen) atoms. The van der Waals surface area contributed by atoms with Crippen LogP contribution < -0.4 is 0 Å². The minimum atomic E-state index is -0.0150. The Morgan fingerprint density at radius 3 is 2.77 bits per heavy atom. The predicted molar refractivity (Wildman–Crippen MR) is 45.5 cm³/mol. The molecule has 68 valence electrons. The molecule has 1 aromatic heterocycles. The summed E-state index contributed by atoms with van der Waals surface area (Å²) in [5.41, 5.74) is 2.13. The average molecular weight is 178 g/mol. The Bertz CT molecular complexity index is 374. The smallest absolute Gasteiger partial charge is 0.192 e. The van der Waals surface area contributed by atoms with E-state index in [1.54, 1.807) is 0 Å². The van der Waals surface area contributed by atoms with Crippen LogP contribution in [-0.4, -0.2) is 22.4 Å². The number of rotatable bonds is 0. The number of fused-ring (bicyclic) bond motifs is 1. The molecule has 1 aromatic rings. The van der Waals surface area contributed by atoms with Gasteiger partial charge in [-0.15, -0.1) is 0 Å². The number of aromatic nitrogens is 2. The summed E-state index contributed by atoms with van der Waals surface area (Å²) in [5, 5.41) is 0. The lowest BCUT2D eigenvalue weighted by Gasteiger charge is -2.15. The maximum atomic E-state index is 11.4. The van der Waals surface area contributed by atoms with Crippen LogP contribution in [0, 0.1) is 13.8 Å². The van der Waals surface area contributed by atoms with Gasteiger partial charge in [0.25, 0.3) is 0 Å². The van der Waals surface area contributed by atoms with Crippen molar-refractivity contribution in [2.75, 3.05) is 6.61 Å². The molecule has 0 aromatic carbocycles. The number of carbonyl (C=O) groups is 1. The van der Waals surface area contributed by atoms with Gasteiger partial charge in [0.2, 0.25) is 0 Å². The van der Waals surface area contributed by atoms with Crippen molar-refractivity contribution in [3.8, 4) is 0 Å². The van der Waals surface area contributed by atoms with Crippen LogP contribution in [0.25, 0.3) is 0 Å². The summed E-state index contributed by atoms with van der Waals surface area (Å²) in [4.78, 5) is 19.7. The zero-order valence-electron chi connectivity index (χ0n) is 7.63. The zero-order chi connectivity index (χ0) is 9.42. The van der Waals surface area contributed by atoms with Crippen molar-refractivity contribution in [3.63, 3.8) is 0 Å². The van der Waals surface area contributed by atoms with Crippen LogP contribution in [0.1, 0.15) is 27.6 Å². The summed E-state index contributed by atoms with van der Waals surface area (Å²) in [6.07, 6.45) is 0. The van der Waals surface area contributed by atoms with Crippen LogP contribution in [0.15, 0.2) is 0 Å². The molecule has 0 spiro atoms. The molecule has 0 fully saturated rings. The number of nitrogens with zero attached hydrogens (tertiary/aromatic N) is 2. The van der Waals surface area contributed by atoms with E-state index in [4.69, 9.17) is 4.74 Å². The first-order valence-corrected chi connectivity index (χ1v) is 4.13. The van der Waals surface area contributed by atoms with Gasteiger partial charge in [0.15, 0.2) is 5.78 Å². The van der Waals surface area contributed by atoms with Crippen molar-refractivity contribution < 1.29 is 9.53 Å². The van der Waals surface area contributed by atoms with Crippen LogP contribution in [0.5, 0.6) is 0 Å². The standard InChI is InChI=1S/C9H10N2O2/c1-5-9-7(11-6(2)10-5)3-13-4-8(9)12/h3-4H2,1-2H3. The van der Waals surface area contributed by atoms with Gasteiger partial charge in [0.1, 0.15) is 12.4 Å². The fraction of sp³-hybridized carbons (Fsp3) is 0.444. The van der Waals surface area contributed by atoms with Crippen molar-refractivity contribution in [3.05, 3.63) is 22.8 Å². The Balaban J connectivity index is 2.63. The second-order valence-electron chi connectivity index (χ2n) is 3.09. The Hall–Kier alpha value is -1.29. The molecule has 4 heteroatoms. The Kier molecular flexibility index (Phi) is 1.84. The first-order valence-electron chi connectivity index (χ1n) is 4.13. The van der Waals surface area contributed by atoms with Crippen LogP contribution in [0.2, 0.25) is 0 Å². The molecule has 0 atom stereocenters. The largest absolute Gasteiger partial charge is 0.367 e. The number of ether oxygens (including phenoxy) is 1. The maximum absolute atomic E-state index is 11.4. The number of aryl methyl sites for hydroxylation is 2. The fourth-order valence-corrected chi connectivity index (χ4v) is 1.56. The predicted octanol–water partition coefficient (Wildman–Crippen LogP) is 0.806. The van der Waals surface area contributed by atoms with Gasteiger partial charge in [-0.25, -0.2) is 9.97 Å². The molecule has 0 aliphatic carbocycles. The minimum absolute atomic E-state index is 0.0150. The molecule has 0 bridgehead atoms. The summed E-state index contributed by atoms with van der Waals surface area (Å²) in [7, 11) is 0. The minimum Gasteiger partial charge on any atom is -0.367 e. The van der Waals surface area contributed by atoms with Crippen LogP contribution in [0.3, 0.4) is 0 Å². The van der Waals surface area contributed by atoms with E-state index in [2.05, 4.69) is 9.97 Å². The number of Topliss-reactive ketones (excluding diaryl/α,β-unsaturated/α-hetero) is 1. The van der Waals surface area contributed by atoms with Crippen molar-refractivity contribution in [2.24, 2.45) is 0 Å². The summed E-state index contributed by atoms with van der Waals surface area (Å²) < 4.78 is 5.08. The molecule has 0 N–H and O–H groups in total. The Labute approximate surface area is 76.0 Å². The highest BCUT2D eigenvalue weighted by molar-refractivity contribution is 5.99. The molecule has 0 unspecified atom stereocenters. The van der Waals surface area contributed by atoms with E-state index < -0.39 is 0 Å². The highest BCUT2D eigenvalue weighted by Gasteiger charge is 2.21. The highest BCUT2D eigenvalue weighted by atomic mass is 16.5. The highest BCUT2D eigenvalue weighted by Crippen LogP contribution is 2.17. The lowest BCUT2D eigenvalue weighted by molar-refractivity contribution is 0.0652. The third-order valence-corrected chi connectivity index (χ3v) is 2.03. The van der Waals surface area contributed by atoms with Crippen LogP contribution in [-0.2, 0) is 11.3 Å². The lowest BCUT2D eigenvalue weighted by atomic mass is 10.1. The van der Waals surface area contributed by atoms with Gasteiger partial charge in [-0.2, -0.15) is 0 Å². The molecule has 0 saturated carbocycles. The van der Waals surface area contributed by atoms with E-state index >= 15 is 0 Å².